The molecule has 2 heterocycles. The summed E-state index contributed by atoms with van der Waals surface area (Å²) in [6.45, 7) is 7.56. The van der Waals surface area contributed by atoms with E-state index in [2.05, 4.69) is 16.0 Å². The first-order valence-corrected chi connectivity index (χ1v) is 8.72. The highest BCUT2D eigenvalue weighted by Crippen LogP contribution is 2.17. The Labute approximate surface area is 143 Å². The van der Waals surface area contributed by atoms with E-state index < -0.39 is 12.2 Å². The van der Waals surface area contributed by atoms with Gasteiger partial charge in [0.25, 0.3) is 0 Å². The summed E-state index contributed by atoms with van der Waals surface area (Å²) < 4.78 is 5.61. The van der Waals surface area contributed by atoms with E-state index in [4.69, 9.17) is 4.74 Å². The molecule has 3 amide bonds. The highest BCUT2D eigenvalue weighted by Gasteiger charge is 2.37. The van der Waals surface area contributed by atoms with Gasteiger partial charge < -0.3 is 30.7 Å². The van der Waals surface area contributed by atoms with Gasteiger partial charge in [-0.2, -0.15) is 0 Å². The molecule has 0 aromatic carbocycles. The predicted octanol–water partition coefficient (Wildman–Crippen LogP) is -0.577. The molecule has 24 heavy (non-hydrogen) atoms. The molecular weight excluding hydrogens is 312 g/mol. The van der Waals surface area contributed by atoms with Gasteiger partial charge in [-0.15, -0.1) is 0 Å². The number of urea groups is 1. The van der Waals surface area contributed by atoms with Crippen molar-refractivity contribution in [3.8, 4) is 0 Å². The van der Waals surface area contributed by atoms with Gasteiger partial charge in [-0.1, -0.05) is 0 Å². The zero-order valence-corrected chi connectivity index (χ0v) is 14.7. The number of rotatable bonds is 5. The number of aliphatic hydroxyl groups is 1. The number of hydrogen-bond donors (Lipinski definition) is 4. The van der Waals surface area contributed by atoms with E-state index in [0.29, 0.717) is 6.61 Å². The van der Waals surface area contributed by atoms with Crippen molar-refractivity contribution >= 4 is 11.9 Å². The van der Waals surface area contributed by atoms with E-state index in [-0.39, 0.29) is 36.6 Å². The highest BCUT2D eigenvalue weighted by atomic mass is 16.5. The van der Waals surface area contributed by atoms with Gasteiger partial charge in [0.2, 0.25) is 5.91 Å². The van der Waals surface area contributed by atoms with Gasteiger partial charge in [0, 0.05) is 38.6 Å². The zero-order valence-electron chi connectivity index (χ0n) is 14.7. The molecule has 0 saturated carbocycles. The second-order valence-electron chi connectivity index (χ2n) is 6.92. The largest absolute Gasteiger partial charge is 0.389 e. The Morgan fingerprint density at radius 1 is 1.29 bits per heavy atom. The van der Waals surface area contributed by atoms with E-state index in [9.17, 15) is 14.7 Å². The quantitative estimate of drug-likeness (QED) is 0.535. The standard InChI is InChI=1S/C16H30N4O4/c1-10(2)18-16(23)17-8-14-15(22)13(9-24-14)19-12-4-6-20(7-5-12)11(3)21/h10,12-15,19,22H,4-9H2,1-3H3,(H2,17,18,23)/t13-,14-,15+/m1/s1. The van der Waals surface area contributed by atoms with Crippen LogP contribution in [0.25, 0.3) is 0 Å². The maximum Gasteiger partial charge on any atom is 0.315 e. The zero-order chi connectivity index (χ0) is 17.7. The number of hydrogen-bond acceptors (Lipinski definition) is 5. The molecule has 0 unspecified atom stereocenters. The van der Waals surface area contributed by atoms with Crippen molar-refractivity contribution in [2.24, 2.45) is 0 Å². The van der Waals surface area contributed by atoms with Crippen LogP contribution in [0.4, 0.5) is 4.79 Å². The minimum atomic E-state index is -0.657. The fourth-order valence-electron chi connectivity index (χ4n) is 3.18. The molecule has 2 aliphatic heterocycles. The second kappa shape index (κ2) is 8.64. The SMILES string of the molecule is CC(=O)N1CCC(N[C@@H]2CO[C@H](CNC(=O)NC(C)C)[C@H]2O)CC1. The molecule has 0 radical (unpaired) electrons. The predicted molar refractivity (Wildman–Crippen MR) is 89.6 cm³/mol. The van der Waals surface area contributed by atoms with Crippen molar-refractivity contribution in [3.05, 3.63) is 0 Å². The van der Waals surface area contributed by atoms with Crippen LogP contribution in [0.1, 0.15) is 33.6 Å². The molecule has 8 nitrogen and oxygen atoms in total. The summed E-state index contributed by atoms with van der Waals surface area (Å²) in [5.41, 5.74) is 0. The van der Waals surface area contributed by atoms with Gasteiger partial charge in [0.05, 0.1) is 18.8 Å². The lowest BCUT2D eigenvalue weighted by atomic mass is 10.0. The van der Waals surface area contributed by atoms with Crippen LogP contribution < -0.4 is 16.0 Å². The molecule has 0 aromatic rings. The molecule has 4 N–H and O–H groups in total. The third-order valence-corrected chi connectivity index (χ3v) is 4.56. The molecule has 0 spiro atoms. The van der Waals surface area contributed by atoms with Crippen LogP contribution >= 0.6 is 0 Å². The van der Waals surface area contributed by atoms with Crippen molar-refractivity contribution in [2.45, 2.75) is 63.9 Å². The van der Waals surface area contributed by atoms with E-state index in [1.807, 2.05) is 18.7 Å². The van der Waals surface area contributed by atoms with Crippen LogP contribution in [0.5, 0.6) is 0 Å². The number of likely N-dealkylation sites (tertiary alicyclic amines) is 1. The summed E-state index contributed by atoms with van der Waals surface area (Å²) in [7, 11) is 0. The van der Waals surface area contributed by atoms with Crippen LogP contribution in [-0.2, 0) is 9.53 Å². The summed E-state index contributed by atoms with van der Waals surface area (Å²) in [6.07, 6.45) is 0.693. The van der Waals surface area contributed by atoms with Gasteiger partial charge >= 0.3 is 6.03 Å². The maximum atomic E-state index is 11.6. The Kier molecular flexibility index (Phi) is 6.82. The fraction of sp³-hybridized carbons (Fsp3) is 0.875. The molecule has 0 aliphatic carbocycles. The van der Waals surface area contributed by atoms with E-state index >= 15 is 0 Å². The number of nitrogens with zero attached hydrogens (tertiary/aromatic N) is 1. The number of aliphatic hydroxyl groups excluding tert-OH is 1. The molecule has 2 fully saturated rings. The molecule has 0 bridgehead atoms. The number of carbonyl (C=O) groups excluding carboxylic acids is 2. The minimum Gasteiger partial charge on any atom is -0.389 e. The second-order valence-corrected chi connectivity index (χ2v) is 6.92. The van der Waals surface area contributed by atoms with Gasteiger partial charge in [0.15, 0.2) is 0 Å². The Morgan fingerprint density at radius 3 is 2.54 bits per heavy atom. The van der Waals surface area contributed by atoms with Crippen LogP contribution in [0.3, 0.4) is 0 Å². The Bertz CT molecular complexity index is 438. The van der Waals surface area contributed by atoms with E-state index in [0.717, 1.165) is 25.9 Å². The Balaban J connectivity index is 1.71. The molecule has 2 saturated heterocycles. The number of piperidine rings is 1. The first kappa shape index (κ1) is 19.0. The Hall–Kier alpha value is -1.38. The van der Waals surface area contributed by atoms with Crippen LogP contribution in [0.15, 0.2) is 0 Å². The average molecular weight is 342 g/mol. The van der Waals surface area contributed by atoms with Crippen molar-refractivity contribution < 1.29 is 19.4 Å². The molecule has 138 valence electrons. The van der Waals surface area contributed by atoms with E-state index in [1.165, 1.54) is 0 Å². The fourth-order valence-corrected chi connectivity index (χ4v) is 3.18. The number of amides is 3. The Morgan fingerprint density at radius 2 is 1.96 bits per heavy atom. The molecule has 2 rings (SSSR count). The lowest BCUT2D eigenvalue weighted by Gasteiger charge is -2.33. The maximum absolute atomic E-state index is 11.6. The summed E-state index contributed by atoms with van der Waals surface area (Å²) >= 11 is 0. The summed E-state index contributed by atoms with van der Waals surface area (Å²) in [4.78, 5) is 24.8. The number of ether oxygens (including phenoxy) is 1. The van der Waals surface area contributed by atoms with Gasteiger partial charge in [-0.3, -0.25) is 4.79 Å². The monoisotopic (exact) mass is 342 g/mol. The van der Waals surface area contributed by atoms with Crippen LogP contribution in [0.2, 0.25) is 0 Å². The van der Waals surface area contributed by atoms with Gasteiger partial charge in [-0.25, -0.2) is 4.79 Å². The molecule has 0 aromatic heterocycles. The van der Waals surface area contributed by atoms with Crippen molar-refractivity contribution in [1.82, 2.24) is 20.9 Å². The molecule has 3 atom stereocenters. The third kappa shape index (κ3) is 5.32. The molecule has 2 aliphatic rings. The van der Waals surface area contributed by atoms with Crippen LogP contribution in [0, 0.1) is 0 Å². The topological polar surface area (TPSA) is 103 Å². The first-order valence-electron chi connectivity index (χ1n) is 8.72. The number of nitrogens with one attached hydrogen (secondary N) is 3. The minimum absolute atomic E-state index is 0.0645. The normalized spacial score (nSPS) is 28.2. The molecule has 8 heteroatoms. The third-order valence-electron chi connectivity index (χ3n) is 4.56. The van der Waals surface area contributed by atoms with E-state index in [1.54, 1.807) is 6.92 Å². The lowest BCUT2D eigenvalue weighted by Crippen LogP contribution is -2.52. The van der Waals surface area contributed by atoms with Crippen molar-refractivity contribution in [2.75, 3.05) is 26.2 Å². The highest BCUT2D eigenvalue weighted by molar-refractivity contribution is 5.74. The van der Waals surface area contributed by atoms with Crippen LogP contribution in [-0.4, -0.2) is 78.5 Å². The average Bonchev–Trinajstić information content (AvgIpc) is 2.86. The van der Waals surface area contributed by atoms with Crippen molar-refractivity contribution in [1.29, 1.82) is 0 Å². The lowest BCUT2D eigenvalue weighted by molar-refractivity contribution is -0.129. The van der Waals surface area contributed by atoms with Crippen molar-refractivity contribution in [3.63, 3.8) is 0 Å². The van der Waals surface area contributed by atoms with Gasteiger partial charge in [0.1, 0.15) is 6.10 Å². The summed E-state index contributed by atoms with van der Waals surface area (Å²) in [6, 6.07) is -0.0536. The number of carbonyl (C=O) groups is 2. The first-order chi connectivity index (χ1) is 11.4. The summed E-state index contributed by atoms with van der Waals surface area (Å²) in [5, 5.41) is 19.3. The smallest absolute Gasteiger partial charge is 0.315 e. The summed E-state index contributed by atoms with van der Waals surface area (Å²) in [5.74, 6) is 0.114. The van der Waals surface area contributed by atoms with Gasteiger partial charge in [-0.05, 0) is 26.7 Å². The molecular formula is C16H30N4O4.